The van der Waals surface area contributed by atoms with E-state index in [9.17, 15) is 14.7 Å². The van der Waals surface area contributed by atoms with E-state index in [1.54, 1.807) is 6.92 Å². The molecule has 1 aromatic carbocycles. The largest absolute Gasteiger partial charge is 0.391 e. The quantitative estimate of drug-likeness (QED) is 0.723. The van der Waals surface area contributed by atoms with E-state index in [-0.39, 0.29) is 29.2 Å². The summed E-state index contributed by atoms with van der Waals surface area (Å²) in [4.78, 5) is 28.9. The van der Waals surface area contributed by atoms with Crippen molar-refractivity contribution in [1.82, 2.24) is 15.1 Å². The van der Waals surface area contributed by atoms with Gasteiger partial charge in [0.25, 0.3) is 0 Å². The summed E-state index contributed by atoms with van der Waals surface area (Å²) in [5, 5.41) is 14.0. The maximum Gasteiger partial charge on any atom is 0.225 e. The predicted octanol–water partition coefficient (Wildman–Crippen LogP) is 2.16. The Bertz CT molecular complexity index is 718. The first-order chi connectivity index (χ1) is 14.3. The van der Waals surface area contributed by atoms with Crippen LogP contribution in [0.2, 0.25) is 0 Å². The number of hydrogen-bond acceptors (Lipinski definition) is 4. The van der Waals surface area contributed by atoms with Gasteiger partial charge in [-0.1, -0.05) is 30.3 Å². The summed E-state index contributed by atoms with van der Waals surface area (Å²) >= 11 is 0. The molecule has 30 heavy (non-hydrogen) atoms. The summed E-state index contributed by atoms with van der Waals surface area (Å²) in [5.41, 5.74) is 0.969. The standard InChI is InChI=1S/C24H37N3O3/c1-18(28)25-17-24(20-7-5-4-6-8-20)13-9-21(22(29)10-14-24)27(3)23(30)19-11-15-26(2)16-12-19/h4-8,19,21-22,29H,9-17H2,1-3H3,(H,25,28)/t21-,22-,24-/m1/s1. The number of nitrogens with zero attached hydrogens (tertiary/aromatic N) is 2. The lowest BCUT2D eigenvalue weighted by atomic mass is 9.74. The second-order valence-electron chi connectivity index (χ2n) is 9.29. The number of nitrogens with one attached hydrogen (secondary N) is 1. The average molecular weight is 416 g/mol. The number of aliphatic hydroxyl groups excluding tert-OH is 1. The van der Waals surface area contributed by atoms with E-state index < -0.39 is 6.10 Å². The zero-order valence-electron chi connectivity index (χ0n) is 18.6. The molecule has 6 heteroatoms. The number of hydrogen-bond donors (Lipinski definition) is 2. The molecule has 1 saturated heterocycles. The fraction of sp³-hybridized carbons (Fsp3) is 0.667. The summed E-state index contributed by atoms with van der Waals surface area (Å²) < 4.78 is 0. The molecule has 1 saturated carbocycles. The fourth-order valence-electron chi connectivity index (χ4n) is 5.17. The van der Waals surface area contributed by atoms with Crippen molar-refractivity contribution in [3.63, 3.8) is 0 Å². The van der Waals surface area contributed by atoms with Gasteiger partial charge in [-0.05, 0) is 64.2 Å². The SMILES string of the molecule is CC(=O)NC[C@]1(c2ccccc2)CC[C@@H](O)[C@H](N(C)C(=O)C2CCN(C)CC2)CC1. The van der Waals surface area contributed by atoms with Crippen molar-refractivity contribution in [2.45, 2.75) is 63.0 Å². The average Bonchev–Trinajstić information content (AvgIpc) is 2.92. The van der Waals surface area contributed by atoms with Crippen LogP contribution in [0.25, 0.3) is 0 Å². The summed E-state index contributed by atoms with van der Waals surface area (Å²) in [5.74, 6) is 0.183. The first-order valence-electron chi connectivity index (χ1n) is 11.3. The Morgan fingerprint density at radius 3 is 2.40 bits per heavy atom. The third-order valence-corrected chi connectivity index (χ3v) is 7.26. The second-order valence-corrected chi connectivity index (χ2v) is 9.29. The monoisotopic (exact) mass is 415 g/mol. The number of likely N-dealkylation sites (N-methyl/N-ethyl adjacent to an activating group) is 1. The third kappa shape index (κ3) is 5.22. The van der Waals surface area contributed by atoms with Gasteiger partial charge in [0, 0.05) is 31.8 Å². The molecule has 1 aliphatic carbocycles. The summed E-state index contributed by atoms with van der Waals surface area (Å²) in [6.45, 7) is 4.00. The van der Waals surface area contributed by atoms with Gasteiger partial charge in [-0.2, -0.15) is 0 Å². The van der Waals surface area contributed by atoms with Gasteiger partial charge < -0.3 is 20.2 Å². The van der Waals surface area contributed by atoms with Crippen LogP contribution in [0.5, 0.6) is 0 Å². The zero-order valence-corrected chi connectivity index (χ0v) is 18.6. The molecule has 2 aliphatic rings. The first kappa shape index (κ1) is 22.8. The minimum absolute atomic E-state index is 0.0405. The summed E-state index contributed by atoms with van der Waals surface area (Å²) in [6.07, 6.45) is 4.18. The van der Waals surface area contributed by atoms with Crippen LogP contribution in [-0.2, 0) is 15.0 Å². The van der Waals surface area contributed by atoms with Crippen molar-refractivity contribution in [1.29, 1.82) is 0 Å². The molecule has 1 aliphatic heterocycles. The molecule has 2 amide bonds. The first-order valence-corrected chi connectivity index (χ1v) is 11.3. The van der Waals surface area contributed by atoms with Crippen LogP contribution in [0.3, 0.4) is 0 Å². The van der Waals surface area contributed by atoms with Crippen LogP contribution < -0.4 is 5.32 Å². The Hall–Kier alpha value is -1.92. The van der Waals surface area contributed by atoms with Gasteiger partial charge in [0.05, 0.1) is 12.1 Å². The van der Waals surface area contributed by atoms with Crippen LogP contribution in [0.1, 0.15) is 51.0 Å². The molecule has 0 radical (unpaired) electrons. The lowest BCUT2D eigenvalue weighted by molar-refractivity contribution is -0.140. The van der Waals surface area contributed by atoms with Crippen LogP contribution in [0, 0.1) is 5.92 Å². The van der Waals surface area contributed by atoms with Crippen LogP contribution >= 0.6 is 0 Å². The van der Waals surface area contributed by atoms with E-state index in [0.29, 0.717) is 13.0 Å². The van der Waals surface area contributed by atoms with Gasteiger partial charge in [0.2, 0.25) is 11.8 Å². The van der Waals surface area contributed by atoms with Gasteiger partial charge >= 0.3 is 0 Å². The Morgan fingerprint density at radius 2 is 1.77 bits per heavy atom. The lowest BCUT2D eigenvalue weighted by Crippen LogP contribution is -2.48. The van der Waals surface area contributed by atoms with Crippen LogP contribution in [-0.4, -0.2) is 72.6 Å². The van der Waals surface area contributed by atoms with Gasteiger partial charge in [-0.25, -0.2) is 0 Å². The van der Waals surface area contributed by atoms with Gasteiger partial charge in [0.1, 0.15) is 0 Å². The van der Waals surface area contributed by atoms with E-state index in [4.69, 9.17) is 0 Å². The van der Waals surface area contributed by atoms with E-state index in [0.717, 1.165) is 45.2 Å². The molecule has 0 aromatic heterocycles. The third-order valence-electron chi connectivity index (χ3n) is 7.26. The predicted molar refractivity (Wildman–Crippen MR) is 118 cm³/mol. The lowest BCUT2D eigenvalue weighted by Gasteiger charge is -2.36. The highest BCUT2D eigenvalue weighted by Gasteiger charge is 2.41. The number of carbonyl (C=O) groups excluding carboxylic acids is 2. The van der Waals surface area contributed by atoms with Gasteiger partial charge in [0.15, 0.2) is 0 Å². The zero-order chi connectivity index (χ0) is 21.7. The van der Waals surface area contributed by atoms with Crippen molar-refractivity contribution >= 4 is 11.8 Å². The molecule has 1 heterocycles. The molecule has 6 nitrogen and oxygen atoms in total. The summed E-state index contributed by atoms with van der Waals surface area (Å²) in [7, 11) is 3.95. The minimum Gasteiger partial charge on any atom is -0.391 e. The molecule has 166 valence electrons. The Morgan fingerprint density at radius 1 is 1.13 bits per heavy atom. The summed E-state index contributed by atoms with van der Waals surface area (Å²) in [6, 6.07) is 10.1. The number of benzene rings is 1. The molecular formula is C24H37N3O3. The Kier molecular flexibility index (Phi) is 7.53. The molecule has 0 spiro atoms. The molecule has 0 unspecified atom stereocenters. The van der Waals surface area contributed by atoms with Crippen molar-refractivity contribution in [3.05, 3.63) is 35.9 Å². The number of carbonyl (C=O) groups is 2. The second kappa shape index (κ2) is 9.92. The highest BCUT2D eigenvalue weighted by Crippen LogP contribution is 2.39. The van der Waals surface area contributed by atoms with Crippen LogP contribution in [0.4, 0.5) is 0 Å². The Balaban J connectivity index is 1.75. The van der Waals surface area contributed by atoms with E-state index >= 15 is 0 Å². The molecule has 3 rings (SSSR count). The molecule has 2 fully saturated rings. The Labute approximate surface area is 180 Å². The molecule has 1 aromatic rings. The smallest absolute Gasteiger partial charge is 0.225 e. The number of amides is 2. The maximum absolute atomic E-state index is 13.1. The van der Waals surface area contributed by atoms with Gasteiger partial charge in [-0.3, -0.25) is 9.59 Å². The maximum atomic E-state index is 13.1. The number of aliphatic hydroxyl groups is 1. The van der Waals surface area contributed by atoms with Crippen molar-refractivity contribution < 1.29 is 14.7 Å². The van der Waals surface area contributed by atoms with Crippen LogP contribution in [0.15, 0.2) is 30.3 Å². The highest BCUT2D eigenvalue weighted by atomic mass is 16.3. The number of piperidine rings is 1. The van der Waals surface area contributed by atoms with E-state index in [1.807, 2.05) is 30.1 Å². The molecule has 0 bridgehead atoms. The van der Waals surface area contributed by atoms with E-state index in [2.05, 4.69) is 29.4 Å². The topological polar surface area (TPSA) is 72.9 Å². The molecule has 2 N–H and O–H groups in total. The van der Waals surface area contributed by atoms with Gasteiger partial charge in [-0.15, -0.1) is 0 Å². The number of likely N-dealkylation sites (tertiary alicyclic amines) is 1. The van der Waals surface area contributed by atoms with E-state index in [1.165, 1.54) is 5.56 Å². The van der Waals surface area contributed by atoms with Crippen molar-refractivity contribution in [3.8, 4) is 0 Å². The normalized spacial score (nSPS) is 28.5. The molecular weight excluding hydrogens is 378 g/mol. The molecule has 3 atom stereocenters. The van der Waals surface area contributed by atoms with Crippen molar-refractivity contribution in [2.75, 3.05) is 33.7 Å². The highest BCUT2D eigenvalue weighted by molar-refractivity contribution is 5.79. The fourth-order valence-corrected chi connectivity index (χ4v) is 5.17. The minimum atomic E-state index is -0.548. The van der Waals surface area contributed by atoms with Crippen molar-refractivity contribution in [2.24, 2.45) is 5.92 Å². The number of rotatable bonds is 5.